The number of hydrogen-bond acceptors (Lipinski definition) is 3. The van der Waals surface area contributed by atoms with Crippen LogP contribution < -0.4 is 4.74 Å². The normalized spacial score (nSPS) is 10.2. The van der Waals surface area contributed by atoms with Gasteiger partial charge in [-0.05, 0) is 34.7 Å². The lowest BCUT2D eigenvalue weighted by Crippen LogP contribution is -1.92. The third kappa shape index (κ3) is 1.51. The van der Waals surface area contributed by atoms with Crippen molar-refractivity contribution in [3.63, 3.8) is 0 Å². The van der Waals surface area contributed by atoms with Gasteiger partial charge in [-0.2, -0.15) is 5.10 Å². The predicted molar refractivity (Wildman–Crippen MR) is 54.6 cm³/mol. The zero-order valence-electron chi connectivity index (χ0n) is 6.48. The maximum absolute atomic E-state index is 10.1. The summed E-state index contributed by atoms with van der Waals surface area (Å²) in [4.78, 5) is 10.1. The summed E-state index contributed by atoms with van der Waals surface area (Å²) in [6, 6.07) is 3.58. The van der Waals surface area contributed by atoms with Gasteiger partial charge in [0.2, 0.25) is 0 Å². The fourth-order valence-corrected chi connectivity index (χ4v) is 1.61. The maximum Gasteiger partial charge on any atom is 0.298 e. The van der Waals surface area contributed by atoms with Crippen LogP contribution in [0.1, 0.15) is 0 Å². The molecule has 2 aromatic heterocycles. The first kappa shape index (κ1) is 8.49. The average molecular weight is 288 g/mol. The highest BCUT2D eigenvalue weighted by Gasteiger charge is 2.01. The van der Waals surface area contributed by atoms with Crippen molar-refractivity contribution in [1.82, 2.24) is 9.61 Å². The standard InChI is InChI=1S/C8H5IN2O2/c9-7-3-10-11-4-6(13-5-12)1-2-8(7)11/h1-5H. The van der Waals surface area contributed by atoms with Crippen molar-refractivity contribution >= 4 is 34.6 Å². The molecule has 0 unspecified atom stereocenters. The Morgan fingerprint density at radius 1 is 1.54 bits per heavy atom. The lowest BCUT2D eigenvalue weighted by atomic mass is 10.4. The number of halogens is 1. The Balaban J connectivity index is 2.56. The minimum absolute atomic E-state index is 0.398. The Labute approximate surface area is 87.6 Å². The number of fused-ring (bicyclic) bond motifs is 1. The van der Waals surface area contributed by atoms with E-state index < -0.39 is 0 Å². The van der Waals surface area contributed by atoms with Gasteiger partial charge >= 0.3 is 0 Å². The number of nitrogens with zero attached hydrogens (tertiary/aromatic N) is 2. The minimum Gasteiger partial charge on any atom is -0.427 e. The number of rotatable bonds is 2. The summed E-state index contributed by atoms with van der Waals surface area (Å²) in [6.45, 7) is 0.398. The second-order valence-corrected chi connectivity index (χ2v) is 3.56. The molecule has 5 heteroatoms. The van der Waals surface area contributed by atoms with Gasteiger partial charge in [0.05, 0.1) is 21.5 Å². The molecule has 0 saturated heterocycles. The molecule has 66 valence electrons. The van der Waals surface area contributed by atoms with Crippen molar-refractivity contribution in [2.75, 3.05) is 0 Å². The van der Waals surface area contributed by atoms with E-state index in [4.69, 9.17) is 0 Å². The predicted octanol–water partition coefficient (Wildman–Crippen LogP) is 1.47. The van der Waals surface area contributed by atoms with Crippen molar-refractivity contribution < 1.29 is 9.53 Å². The van der Waals surface area contributed by atoms with E-state index in [1.807, 2.05) is 6.07 Å². The molecule has 2 rings (SSSR count). The second kappa shape index (κ2) is 3.33. The molecule has 0 aromatic carbocycles. The number of ether oxygens (including phenoxy) is 1. The molecule has 4 nitrogen and oxygen atoms in total. The van der Waals surface area contributed by atoms with Gasteiger partial charge in [-0.25, -0.2) is 4.52 Å². The van der Waals surface area contributed by atoms with Crippen LogP contribution in [0.4, 0.5) is 0 Å². The van der Waals surface area contributed by atoms with Crippen LogP contribution in [0.25, 0.3) is 5.52 Å². The number of aromatic nitrogens is 2. The second-order valence-electron chi connectivity index (χ2n) is 2.40. The lowest BCUT2D eigenvalue weighted by Gasteiger charge is -1.97. The molecule has 0 saturated carbocycles. The molecule has 0 aliphatic rings. The number of hydrogen-bond donors (Lipinski definition) is 0. The molecule has 2 heterocycles. The summed E-state index contributed by atoms with van der Waals surface area (Å²) in [5, 5.41) is 4.07. The Bertz CT molecular complexity index is 452. The van der Waals surface area contributed by atoms with Gasteiger partial charge < -0.3 is 4.74 Å². The van der Waals surface area contributed by atoms with Gasteiger partial charge in [0.1, 0.15) is 5.75 Å². The topological polar surface area (TPSA) is 43.6 Å². The highest BCUT2D eigenvalue weighted by molar-refractivity contribution is 14.1. The van der Waals surface area contributed by atoms with Crippen LogP contribution in [-0.2, 0) is 4.79 Å². The molecular weight excluding hydrogens is 283 g/mol. The van der Waals surface area contributed by atoms with Crippen molar-refractivity contribution in [2.24, 2.45) is 0 Å². The van der Waals surface area contributed by atoms with Crippen LogP contribution in [0.5, 0.6) is 5.75 Å². The van der Waals surface area contributed by atoms with Gasteiger partial charge in [-0.3, -0.25) is 4.79 Å². The Morgan fingerprint density at radius 3 is 3.15 bits per heavy atom. The highest BCUT2D eigenvalue weighted by atomic mass is 127. The number of carbonyl (C=O) groups excluding carboxylic acids is 1. The quantitative estimate of drug-likeness (QED) is 0.621. The molecule has 0 radical (unpaired) electrons. The molecule has 0 atom stereocenters. The summed E-state index contributed by atoms with van der Waals surface area (Å²) >= 11 is 2.19. The van der Waals surface area contributed by atoms with Crippen LogP contribution in [-0.4, -0.2) is 16.1 Å². The first-order chi connectivity index (χ1) is 6.31. The van der Waals surface area contributed by atoms with Crippen LogP contribution in [0.2, 0.25) is 0 Å². The number of pyridine rings is 1. The monoisotopic (exact) mass is 288 g/mol. The molecule has 0 N–H and O–H groups in total. The summed E-state index contributed by atoms with van der Waals surface area (Å²) in [6.07, 6.45) is 3.41. The SMILES string of the molecule is O=COc1ccc2c(I)cnn2c1. The van der Waals surface area contributed by atoms with E-state index >= 15 is 0 Å². The van der Waals surface area contributed by atoms with Gasteiger partial charge in [-0.15, -0.1) is 0 Å². The summed E-state index contributed by atoms with van der Waals surface area (Å²) in [5.41, 5.74) is 0.999. The van der Waals surface area contributed by atoms with Crippen LogP contribution >= 0.6 is 22.6 Å². The fraction of sp³-hybridized carbons (Fsp3) is 0. The molecule has 13 heavy (non-hydrogen) atoms. The summed E-state index contributed by atoms with van der Waals surface area (Å²) < 4.78 is 7.41. The molecule has 0 fully saturated rings. The van der Waals surface area contributed by atoms with E-state index in [-0.39, 0.29) is 0 Å². The van der Waals surface area contributed by atoms with Crippen molar-refractivity contribution in [2.45, 2.75) is 0 Å². The van der Waals surface area contributed by atoms with E-state index in [2.05, 4.69) is 32.4 Å². The van der Waals surface area contributed by atoms with Gasteiger partial charge in [-0.1, -0.05) is 0 Å². The van der Waals surface area contributed by atoms with Crippen LogP contribution in [0, 0.1) is 3.57 Å². The van der Waals surface area contributed by atoms with Crippen molar-refractivity contribution in [1.29, 1.82) is 0 Å². The van der Waals surface area contributed by atoms with E-state index in [0.29, 0.717) is 12.2 Å². The fourth-order valence-electron chi connectivity index (χ4n) is 1.06. The molecular formula is C8H5IN2O2. The van der Waals surface area contributed by atoms with E-state index in [1.165, 1.54) is 0 Å². The molecule has 2 aromatic rings. The van der Waals surface area contributed by atoms with Crippen molar-refractivity contribution in [3.05, 3.63) is 28.1 Å². The van der Waals surface area contributed by atoms with E-state index in [9.17, 15) is 4.79 Å². The van der Waals surface area contributed by atoms with Gasteiger partial charge in [0, 0.05) is 0 Å². The Morgan fingerprint density at radius 2 is 2.38 bits per heavy atom. The van der Waals surface area contributed by atoms with E-state index in [0.717, 1.165) is 9.09 Å². The largest absolute Gasteiger partial charge is 0.427 e. The molecule has 0 amide bonds. The maximum atomic E-state index is 10.1. The lowest BCUT2D eigenvalue weighted by molar-refractivity contribution is -0.120. The zero-order chi connectivity index (χ0) is 9.26. The molecule has 0 spiro atoms. The average Bonchev–Trinajstić information content (AvgIpc) is 2.48. The Hall–Kier alpha value is -1.11. The smallest absolute Gasteiger partial charge is 0.298 e. The summed E-state index contributed by atoms with van der Waals surface area (Å²) in [7, 11) is 0. The Kier molecular flexibility index (Phi) is 2.17. The third-order valence-electron chi connectivity index (χ3n) is 1.63. The van der Waals surface area contributed by atoms with E-state index in [1.54, 1.807) is 23.0 Å². The van der Waals surface area contributed by atoms with Gasteiger partial charge in [0.25, 0.3) is 6.47 Å². The van der Waals surface area contributed by atoms with Gasteiger partial charge in [0.15, 0.2) is 0 Å². The molecule has 0 aliphatic carbocycles. The van der Waals surface area contributed by atoms with Crippen LogP contribution in [0.15, 0.2) is 24.5 Å². The highest BCUT2D eigenvalue weighted by Crippen LogP contribution is 2.16. The summed E-state index contributed by atoms with van der Waals surface area (Å²) in [5.74, 6) is 0.488. The first-order valence-corrected chi connectivity index (χ1v) is 4.62. The third-order valence-corrected chi connectivity index (χ3v) is 2.46. The molecule has 0 bridgehead atoms. The van der Waals surface area contributed by atoms with Crippen LogP contribution in [0.3, 0.4) is 0 Å². The van der Waals surface area contributed by atoms with Crippen molar-refractivity contribution in [3.8, 4) is 5.75 Å². The first-order valence-electron chi connectivity index (χ1n) is 3.54. The minimum atomic E-state index is 0.398. The zero-order valence-corrected chi connectivity index (χ0v) is 8.63. The molecule has 0 aliphatic heterocycles. The number of carbonyl (C=O) groups is 1.